The molecule has 0 atom stereocenters. The first-order valence-electron chi connectivity index (χ1n) is 7.42. The Hall–Kier alpha value is -1.61. The molecule has 0 spiro atoms. The predicted molar refractivity (Wildman–Crippen MR) is 86.0 cm³/mol. The summed E-state index contributed by atoms with van der Waals surface area (Å²) in [6, 6.07) is 7.88. The topological polar surface area (TPSA) is 34.9 Å². The van der Waals surface area contributed by atoms with Crippen molar-refractivity contribution in [2.24, 2.45) is 0 Å². The normalized spacial score (nSPS) is 10.8. The number of unbranched alkanes of at least 4 members (excludes halogenated alkanes) is 1. The van der Waals surface area contributed by atoms with Crippen molar-refractivity contribution < 1.29 is 4.79 Å². The van der Waals surface area contributed by atoms with Crippen molar-refractivity contribution >= 4 is 17.4 Å². The maximum absolute atomic E-state index is 12.2. The van der Waals surface area contributed by atoms with Crippen molar-refractivity contribution in [3.05, 3.63) is 52.6 Å². The number of aryl methyl sites for hydroxylation is 2. The number of hydrogen-bond donors (Lipinski definition) is 0. The molecule has 2 aromatic rings. The lowest BCUT2D eigenvalue weighted by molar-refractivity contribution is 0.0970. The minimum atomic E-state index is 0.177. The molecule has 0 N–H and O–H groups in total. The minimum absolute atomic E-state index is 0.177. The molecule has 112 valence electrons. The SMILES string of the molecule is CCn1c(C(=O)CCCCc2ccccc2Cl)cnc1C. The smallest absolute Gasteiger partial charge is 0.180 e. The van der Waals surface area contributed by atoms with E-state index in [1.807, 2.05) is 42.7 Å². The summed E-state index contributed by atoms with van der Waals surface area (Å²) in [5.74, 6) is 1.08. The number of imidazole rings is 1. The van der Waals surface area contributed by atoms with Crippen LogP contribution in [-0.2, 0) is 13.0 Å². The second-order valence-corrected chi connectivity index (χ2v) is 5.56. The van der Waals surface area contributed by atoms with Crippen LogP contribution in [0, 0.1) is 6.92 Å². The number of ketones is 1. The Labute approximate surface area is 131 Å². The molecule has 1 aromatic carbocycles. The zero-order valence-corrected chi connectivity index (χ0v) is 13.4. The van der Waals surface area contributed by atoms with Crippen molar-refractivity contribution in [3.63, 3.8) is 0 Å². The van der Waals surface area contributed by atoms with Gasteiger partial charge in [0.15, 0.2) is 5.78 Å². The molecule has 0 unspecified atom stereocenters. The fourth-order valence-electron chi connectivity index (χ4n) is 2.52. The van der Waals surface area contributed by atoms with Crippen LogP contribution in [0.15, 0.2) is 30.5 Å². The molecule has 0 saturated carbocycles. The molecule has 0 radical (unpaired) electrons. The molecule has 0 aliphatic heterocycles. The van der Waals surface area contributed by atoms with Crippen molar-refractivity contribution in [3.8, 4) is 0 Å². The highest BCUT2D eigenvalue weighted by Gasteiger charge is 2.13. The van der Waals surface area contributed by atoms with Crippen LogP contribution in [0.25, 0.3) is 0 Å². The average molecular weight is 305 g/mol. The van der Waals surface area contributed by atoms with E-state index in [-0.39, 0.29) is 5.78 Å². The van der Waals surface area contributed by atoms with E-state index in [2.05, 4.69) is 4.98 Å². The Morgan fingerprint density at radius 3 is 2.76 bits per heavy atom. The van der Waals surface area contributed by atoms with Gasteiger partial charge in [0.1, 0.15) is 11.5 Å². The largest absolute Gasteiger partial charge is 0.326 e. The quantitative estimate of drug-likeness (QED) is 0.559. The standard InChI is InChI=1S/C17H21ClN2O/c1-3-20-13(2)19-12-16(20)17(21)11-7-5-9-14-8-4-6-10-15(14)18/h4,6,8,10,12H,3,5,7,9,11H2,1-2H3. The predicted octanol–water partition coefficient (Wildman–Crippen LogP) is 4.46. The molecule has 2 rings (SSSR count). The summed E-state index contributed by atoms with van der Waals surface area (Å²) in [7, 11) is 0. The van der Waals surface area contributed by atoms with E-state index in [4.69, 9.17) is 11.6 Å². The Bertz CT molecular complexity index is 619. The summed E-state index contributed by atoms with van der Waals surface area (Å²) < 4.78 is 1.97. The number of carbonyl (C=O) groups excluding carboxylic acids is 1. The number of benzene rings is 1. The monoisotopic (exact) mass is 304 g/mol. The van der Waals surface area contributed by atoms with Crippen molar-refractivity contribution in [2.45, 2.75) is 46.1 Å². The zero-order chi connectivity index (χ0) is 15.2. The number of hydrogen-bond acceptors (Lipinski definition) is 2. The van der Waals surface area contributed by atoms with Crippen LogP contribution in [0.3, 0.4) is 0 Å². The molecule has 1 aromatic heterocycles. The van der Waals surface area contributed by atoms with E-state index in [1.54, 1.807) is 6.20 Å². The van der Waals surface area contributed by atoms with Crippen LogP contribution in [0.4, 0.5) is 0 Å². The highest BCUT2D eigenvalue weighted by molar-refractivity contribution is 6.31. The fourth-order valence-corrected chi connectivity index (χ4v) is 2.75. The number of rotatable bonds is 7. The lowest BCUT2D eigenvalue weighted by atomic mass is 10.0. The van der Waals surface area contributed by atoms with E-state index < -0.39 is 0 Å². The van der Waals surface area contributed by atoms with Crippen molar-refractivity contribution in [1.82, 2.24) is 9.55 Å². The van der Waals surface area contributed by atoms with Gasteiger partial charge in [0.25, 0.3) is 0 Å². The van der Waals surface area contributed by atoms with E-state index in [1.165, 1.54) is 0 Å². The summed E-state index contributed by atoms with van der Waals surface area (Å²) >= 11 is 6.13. The highest BCUT2D eigenvalue weighted by atomic mass is 35.5. The Morgan fingerprint density at radius 1 is 1.29 bits per heavy atom. The molecule has 0 fully saturated rings. The highest BCUT2D eigenvalue weighted by Crippen LogP contribution is 2.18. The summed E-state index contributed by atoms with van der Waals surface area (Å²) in [6.07, 6.45) is 5.01. The summed E-state index contributed by atoms with van der Waals surface area (Å²) in [5, 5.41) is 0.809. The van der Waals surface area contributed by atoms with Gasteiger partial charge in [0.05, 0.1) is 6.20 Å². The van der Waals surface area contributed by atoms with Crippen LogP contribution < -0.4 is 0 Å². The summed E-state index contributed by atoms with van der Waals surface area (Å²) in [5.41, 5.74) is 1.88. The molecule has 0 aliphatic carbocycles. The fraction of sp³-hybridized carbons (Fsp3) is 0.412. The maximum atomic E-state index is 12.2. The molecule has 21 heavy (non-hydrogen) atoms. The number of carbonyl (C=O) groups is 1. The van der Waals surface area contributed by atoms with Gasteiger partial charge < -0.3 is 4.57 Å². The molecular formula is C17H21ClN2O. The van der Waals surface area contributed by atoms with Gasteiger partial charge in [-0.15, -0.1) is 0 Å². The summed E-state index contributed by atoms with van der Waals surface area (Å²) in [4.78, 5) is 16.4. The van der Waals surface area contributed by atoms with Gasteiger partial charge >= 0.3 is 0 Å². The van der Waals surface area contributed by atoms with Gasteiger partial charge in [-0.3, -0.25) is 4.79 Å². The first-order valence-corrected chi connectivity index (χ1v) is 7.80. The average Bonchev–Trinajstić information content (AvgIpc) is 2.86. The van der Waals surface area contributed by atoms with Gasteiger partial charge in [0.2, 0.25) is 0 Å². The molecule has 0 amide bonds. The zero-order valence-electron chi connectivity index (χ0n) is 12.6. The number of Topliss-reactive ketones (excluding diaryl/α,β-unsaturated/α-hetero) is 1. The van der Waals surface area contributed by atoms with Gasteiger partial charge in [-0.2, -0.15) is 0 Å². The molecular weight excluding hydrogens is 284 g/mol. The van der Waals surface area contributed by atoms with Crippen LogP contribution in [0.5, 0.6) is 0 Å². The van der Waals surface area contributed by atoms with E-state index in [0.29, 0.717) is 6.42 Å². The number of halogens is 1. The molecule has 0 bridgehead atoms. The summed E-state index contributed by atoms with van der Waals surface area (Å²) in [6.45, 7) is 4.74. The van der Waals surface area contributed by atoms with E-state index >= 15 is 0 Å². The minimum Gasteiger partial charge on any atom is -0.326 e. The van der Waals surface area contributed by atoms with Gasteiger partial charge in [-0.1, -0.05) is 29.8 Å². The Balaban J connectivity index is 1.83. The number of nitrogens with zero attached hydrogens (tertiary/aromatic N) is 2. The van der Waals surface area contributed by atoms with Crippen LogP contribution >= 0.6 is 11.6 Å². The van der Waals surface area contributed by atoms with Gasteiger partial charge in [-0.25, -0.2) is 4.98 Å². The Morgan fingerprint density at radius 2 is 2.05 bits per heavy atom. The van der Waals surface area contributed by atoms with Gasteiger partial charge in [-0.05, 0) is 44.7 Å². The van der Waals surface area contributed by atoms with Crippen LogP contribution in [0.1, 0.15) is 48.1 Å². The third-order valence-corrected chi connectivity index (χ3v) is 4.08. The molecule has 0 saturated heterocycles. The third-order valence-electron chi connectivity index (χ3n) is 3.71. The van der Waals surface area contributed by atoms with E-state index in [0.717, 1.165) is 47.9 Å². The van der Waals surface area contributed by atoms with Crippen LogP contribution in [0.2, 0.25) is 5.02 Å². The van der Waals surface area contributed by atoms with Gasteiger partial charge in [0, 0.05) is 18.0 Å². The first kappa shape index (κ1) is 15.8. The van der Waals surface area contributed by atoms with E-state index in [9.17, 15) is 4.79 Å². The first-order chi connectivity index (χ1) is 10.1. The lowest BCUT2D eigenvalue weighted by Gasteiger charge is -2.07. The van der Waals surface area contributed by atoms with Crippen molar-refractivity contribution in [2.75, 3.05) is 0 Å². The molecule has 1 heterocycles. The third kappa shape index (κ3) is 3.94. The molecule has 0 aliphatic rings. The second kappa shape index (κ2) is 7.41. The lowest BCUT2D eigenvalue weighted by Crippen LogP contribution is -2.09. The van der Waals surface area contributed by atoms with Crippen molar-refractivity contribution in [1.29, 1.82) is 0 Å². The Kier molecular flexibility index (Phi) is 5.57. The second-order valence-electron chi connectivity index (χ2n) is 5.16. The number of aromatic nitrogens is 2. The maximum Gasteiger partial charge on any atom is 0.180 e. The van der Waals surface area contributed by atoms with Crippen LogP contribution in [-0.4, -0.2) is 15.3 Å². The molecule has 3 nitrogen and oxygen atoms in total. The molecule has 4 heteroatoms.